The van der Waals surface area contributed by atoms with Gasteiger partial charge >= 0.3 is 0 Å². The molecule has 2 aliphatic rings. The molecular formula is C21H24N4S. The molecule has 0 amide bonds. The van der Waals surface area contributed by atoms with Crippen LogP contribution >= 0.6 is 11.3 Å². The number of benzene rings is 1. The molecule has 134 valence electrons. The monoisotopic (exact) mass is 364 g/mol. The van der Waals surface area contributed by atoms with Crippen LogP contribution in [0.5, 0.6) is 0 Å². The summed E-state index contributed by atoms with van der Waals surface area (Å²) in [5.74, 6) is 1.95. The molecule has 1 aliphatic carbocycles. The lowest BCUT2D eigenvalue weighted by molar-refractivity contribution is 0.509. The van der Waals surface area contributed by atoms with Crippen LogP contribution in [-0.2, 0) is 12.8 Å². The van der Waals surface area contributed by atoms with E-state index in [2.05, 4.69) is 52.0 Å². The van der Waals surface area contributed by atoms with E-state index in [9.17, 15) is 0 Å². The molecule has 1 saturated heterocycles. The summed E-state index contributed by atoms with van der Waals surface area (Å²) in [6, 6.07) is 10.7. The minimum Gasteiger partial charge on any atom is -0.368 e. The van der Waals surface area contributed by atoms with Gasteiger partial charge in [-0.3, -0.25) is 0 Å². The third-order valence-corrected chi connectivity index (χ3v) is 6.93. The van der Waals surface area contributed by atoms with Crippen LogP contribution in [0.25, 0.3) is 10.2 Å². The summed E-state index contributed by atoms with van der Waals surface area (Å²) in [6.07, 6.45) is 5.43. The fourth-order valence-electron chi connectivity index (χ4n) is 4.31. The number of nitrogens with zero attached hydrogens (tertiary/aromatic N) is 4. The highest BCUT2D eigenvalue weighted by Gasteiger charge is 2.26. The van der Waals surface area contributed by atoms with E-state index in [1.165, 1.54) is 40.7 Å². The van der Waals surface area contributed by atoms with Crippen LogP contribution in [-0.4, -0.2) is 36.1 Å². The number of aryl methyl sites for hydroxylation is 1. The van der Waals surface area contributed by atoms with E-state index < -0.39 is 0 Å². The van der Waals surface area contributed by atoms with E-state index in [-0.39, 0.29) is 0 Å². The van der Waals surface area contributed by atoms with Gasteiger partial charge in [-0.15, -0.1) is 11.3 Å². The highest BCUT2D eigenvalue weighted by Crippen LogP contribution is 2.40. The van der Waals surface area contributed by atoms with E-state index in [0.717, 1.165) is 37.9 Å². The van der Waals surface area contributed by atoms with E-state index in [1.807, 2.05) is 11.3 Å². The Bertz CT molecular complexity index is 912. The molecule has 5 heteroatoms. The van der Waals surface area contributed by atoms with E-state index in [1.54, 1.807) is 11.2 Å². The maximum Gasteiger partial charge on any atom is 0.141 e. The third-order valence-electron chi connectivity index (χ3n) is 5.77. The quantitative estimate of drug-likeness (QED) is 0.684. The van der Waals surface area contributed by atoms with Crippen molar-refractivity contribution in [2.45, 2.75) is 26.2 Å². The maximum absolute atomic E-state index is 4.73. The molecule has 5 rings (SSSR count). The van der Waals surface area contributed by atoms with Crippen molar-refractivity contribution in [1.29, 1.82) is 0 Å². The van der Waals surface area contributed by atoms with Gasteiger partial charge in [-0.1, -0.05) is 25.1 Å². The number of hydrogen-bond acceptors (Lipinski definition) is 5. The molecular weight excluding hydrogens is 340 g/mol. The van der Waals surface area contributed by atoms with Crippen LogP contribution in [0.1, 0.15) is 23.8 Å². The maximum atomic E-state index is 4.73. The Labute approximate surface area is 158 Å². The number of thiophene rings is 1. The first kappa shape index (κ1) is 16.1. The van der Waals surface area contributed by atoms with Gasteiger partial charge in [-0.2, -0.15) is 0 Å². The smallest absolute Gasteiger partial charge is 0.141 e. The molecule has 26 heavy (non-hydrogen) atoms. The normalized spacial score (nSPS) is 20.4. The van der Waals surface area contributed by atoms with Gasteiger partial charge in [0.2, 0.25) is 0 Å². The van der Waals surface area contributed by atoms with Crippen LogP contribution in [0.4, 0.5) is 11.5 Å². The van der Waals surface area contributed by atoms with Crippen molar-refractivity contribution in [3.8, 4) is 0 Å². The average molecular weight is 365 g/mol. The molecule has 1 aliphatic heterocycles. The summed E-state index contributed by atoms with van der Waals surface area (Å²) in [6.45, 7) is 6.48. The number of rotatable bonds is 2. The van der Waals surface area contributed by atoms with Crippen molar-refractivity contribution >= 4 is 33.1 Å². The molecule has 0 N–H and O–H groups in total. The number of hydrogen-bond donors (Lipinski definition) is 0. The fourth-order valence-corrected chi connectivity index (χ4v) is 5.66. The predicted octanol–water partition coefficient (Wildman–Crippen LogP) is 4.14. The molecule has 1 atom stereocenters. The van der Waals surface area contributed by atoms with Gasteiger partial charge in [0.15, 0.2) is 0 Å². The molecule has 1 aromatic carbocycles. The second-order valence-electron chi connectivity index (χ2n) is 7.54. The Morgan fingerprint density at radius 2 is 1.77 bits per heavy atom. The van der Waals surface area contributed by atoms with Gasteiger partial charge in [0, 0.05) is 36.7 Å². The van der Waals surface area contributed by atoms with Gasteiger partial charge in [-0.05, 0) is 42.9 Å². The Morgan fingerprint density at radius 3 is 2.58 bits per heavy atom. The van der Waals surface area contributed by atoms with Crippen LogP contribution in [0.3, 0.4) is 0 Å². The standard InChI is InChI=1S/C21H24N4S/c1-15-7-8-17-18(13-15)26-21-19(17)20(22-14-23-21)25-11-9-24(10-12-25)16-5-3-2-4-6-16/h2-6,14-15H,7-13H2,1H3/t15-/m1/s1. The van der Waals surface area contributed by atoms with Gasteiger partial charge in [-0.25, -0.2) is 9.97 Å². The Hall–Kier alpha value is -2.14. The lowest BCUT2D eigenvalue weighted by atomic mass is 9.89. The zero-order chi connectivity index (χ0) is 17.5. The first-order valence-corrected chi connectivity index (χ1v) is 10.4. The summed E-state index contributed by atoms with van der Waals surface area (Å²) in [7, 11) is 0. The minimum absolute atomic E-state index is 0.793. The number of anilines is 2. The molecule has 4 nitrogen and oxygen atoms in total. The lowest BCUT2D eigenvalue weighted by Gasteiger charge is -2.37. The first-order valence-electron chi connectivity index (χ1n) is 9.60. The molecule has 0 unspecified atom stereocenters. The topological polar surface area (TPSA) is 32.3 Å². The second kappa shape index (κ2) is 6.54. The molecule has 0 spiro atoms. The van der Waals surface area contributed by atoms with Crippen molar-refractivity contribution in [2.24, 2.45) is 5.92 Å². The zero-order valence-corrected chi connectivity index (χ0v) is 16.0. The van der Waals surface area contributed by atoms with Gasteiger partial charge in [0.1, 0.15) is 17.0 Å². The van der Waals surface area contributed by atoms with Crippen molar-refractivity contribution < 1.29 is 0 Å². The van der Waals surface area contributed by atoms with Crippen LogP contribution in [0.15, 0.2) is 36.7 Å². The second-order valence-corrected chi connectivity index (χ2v) is 8.62. The third kappa shape index (κ3) is 2.75. The lowest BCUT2D eigenvalue weighted by Crippen LogP contribution is -2.46. The van der Waals surface area contributed by atoms with Crippen molar-refractivity contribution in [2.75, 3.05) is 36.0 Å². The summed E-state index contributed by atoms with van der Waals surface area (Å²) in [5.41, 5.74) is 2.85. The zero-order valence-electron chi connectivity index (χ0n) is 15.2. The molecule has 0 bridgehead atoms. The van der Waals surface area contributed by atoms with Crippen LogP contribution in [0, 0.1) is 5.92 Å². The summed E-state index contributed by atoms with van der Waals surface area (Å²) in [4.78, 5) is 17.0. The number of para-hydroxylation sites is 1. The molecule has 3 aromatic rings. The van der Waals surface area contributed by atoms with Crippen molar-refractivity contribution in [3.05, 3.63) is 47.1 Å². The van der Waals surface area contributed by atoms with Gasteiger partial charge in [0.25, 0.3) is 0 Å². The van der Waals surface area contributed by atoms with Crippen LogP contribution < -0.4 is 9.80 Å². The molecule has 2 aromatic heterocycles. The molecule has 1 fully saturated rings. The van der Waals surface area contributed by atoms with Gasteiger partial charge in [0.05, 0.1) is 5.39 Å². The summed E-state index contributed by atoms with van der Waals surface area (Å²) in [5, 5.41) is 1.34. The van der Waals surface area contributed by atoms with Crippen molar-refractivity contribution in [1.82, 2.24) is 9.97 Å². The summed E-state index contributed by atoms with van der Waals surface area (Å²) < 4.78 is 0. The number of fused-ring (bicyclic) bond motifs is 3. The minimum atomic E-state index is 0.793. The Morgan fingerprint density at radius 1 is 1.00 bits per heavy atom. The SMILES string of the molecule is C[C@@H]1CCc2c(sc3ncnc(N4CCN(c5ccccc5)CC4)c23)C1. The first-order chi connectivity index (χ1) is 12.8. The van der Waals surface area contributed by atoms with E-state index in [4.69, 9.17) is 4.98 Å². The van der Waals surface area contributed by atoms with E-state index >= 15 is 0 Å². The Balaban J connectivity index is 1.43. The molecule has 0 saturated carbocycles. The highest BCUT2D eigenvalue weighted by atomic mass is 32.1. The molecule has 3 heterocycles. The summed E-state index contributed by atoms with van der Waals surface area (Å²) >= 11 is 1.89. The van der Waals surface area contributed by atoms with Crippen LogP contribution in [0.2, 0.25) is 0 Å². The Kier molecular flexibility index (Phi) is 4.04. The largest absolute Gasteiger partial charge is 0.368 e. The average Bonchev–Trinajstić information content (AvgIpc) is 3.06. The van der Waals surface area contributed by atoms with E-state index in [0.29, 0.717) is 0 Å². The number of aromatic nitrogens is 2. The fraction of sp³-hybridized carbons (Fsp3) is 0.429. The van der Waals surface area contributed by atoms with Gasteiger partial charge < -0.3 is 9.80 Å². The van der Waals surface area contributed by atoms with Crippen molar-refractivity contribution in [3.63, 3.8) is 0 Å². The molecule has 0 radical (unpaired) electrons. The highest BCUT2D eigenvalue weighted by molar-refractivity contribution is 7.19. The number of piperazine rings is 1. The predicted molar refractivity (Wildman–Crippen MR) is 109 cm³/mol.